The fourth-order valence-electron chi connectivity index (χ4n) is 4.02. The normalized spacial score (nSPS) is 14.9. The maximum absolute atomic E-state index is 11.6. The van der Waals surface area contributed by atoms with E-state index < -0.39 is 5.92 Å². The molecule has 1 atom stereocenters. The minimum Gasteiger partial charge on any atom is -0.493 e. The summed E-state index contributed by atoms with van der Waals surface area (Å²) in [5.74, 6) is 1.01. The van der Waals surface area contributed by atoms with E-state index in [4.69, 9.17) is 19.9 Å². The third-order valence-corrected chi connectivity index (χ3v) is 5.93. The molecular formula is C24H20BrN3O4. The molecule has 3 aromatic carbocycles. The van der Waals surface area contributed by atoms with Gasteiger partial charge in [-0.05, 0) is 39.7 Å². The van der Waals surface area contributed by atoms with Crippen LogP contribution in [0.4, 0.5) is 5.69 Å². The van der Waals surface area contributed by atoms with Crippen LogP contribution in [0.5, 0.6) is 17.2 Å². The molecule has 1 unspecified atom stereocenters. The second-order valence-corrected chi connectivity index (χ2v) is 8.08. The van der Waals surface area contributed by atoms with Crippen molar-refractivity contribution in [3.63, 3.8) is 0 Å². The molecule has 4 rings (SSSR count). The summed E-state index contributed by atoms with van der Waals surface area (Å²) in [5.41, 5.74) is 8.74. The Morgan fingerprint density at radius 2 is 1.97 bits per heavy atom. The van der Waals surface area contributed by atoms with Crippen molar-refractivity contribution in [3.05, 3.63) is 69.5 Å². The number of carbonyl (C=O) groups is 1. The highest BCUT2D eigenvalue weighted by atomic mass is 79.9. The number of anilines is 1. The number of nitrogens with one attached hydrogen (secondary N) is 1. The third-order valence-electron chi connectivity index (χ3n) is 5.34. The van der Waals surface area contributed by atoms with Crippen molar-refractivity contribution in [3.8, 4) is 23.3 Å². The van der Waals surface area contributed by atoms with Gasteiger partial charge < -0.3 is 25.3 Å². The van der Waals surface area contributed by atoms with Crippen molar-refractivity contribution >= 4 is 38.3 Å². The van der Waals surface area contributed by atoms with Crippen LogP contribution in [0.1, 0.15) is 24.0 Å². The molecule has 0 aromatic heterocycles. The van der Waals surface area contributed by atoms with Gasteiger partial charge in [-0.1, -0.05) is 24.3 Å². The van der Waals surface area contributed by atoms with E-state index in [2.05, 4.69) is 27.3 Å². The number of fused-ring (bicyclic) bond motifs is 3. The summed E-state index contributed by atoms with van der Waals surface area (Å²) in [7, 11) is 3.11. The number of hydrogen-bond acceptors (Lipinski definition) is 6. The van der Waals surface area contributed by atoms with Crippen molar-refractivity contribution in [1.29, 1.82) is 5.26 Å². The number of rotatable bonds is 4. The molecule has 7 nitrogen and oxygen atoms in total. The quantitative estimate of drug-likeness (QED) is 0.540. The number of halogens is 1. The molecule has 1 aliphatic heterocycles. The highest BCUT2D eigenvalue weighted by Crippen LogP contribution is 2.48. The van der Waals surface area contributed by atoms with E-state index in [1.165, 1.54) is 6.92 Å². The Morgan fingerprint density at radius 3 is 2.62 bits per heavy atom. The molecule has 8 heteroatoms. The van der Waals surface area contributed by atoms with Crippen LogP contribution in [0.3, 0.4) is 0 Å². The van der Waals surface area contributed by atoms with Gasteiger partial charge in [0.1, 0.15) is 17.4 Å². The lowest BCUT2D eigenvalue weighted by Gasteiger charge is -2.28. The number of benzene rings is 3. The van der Waals surface area contributed by atoms with Gasteiger partial charge in [0.2, 0.25) is 11.8 Å². The van der Waals surface area contributed by atoms with Crippen LogP contribution >= 0.6 is 15.9 Å². The van der Waals surface area contributed by atoms with Crippen molar-refractivity contribution in [2.45, 2.75) is 12.8 Å². The minimum absolute atomic E-state index is 0.0355. The average Bonchev–Trinajstić information content (AvgIpc) is 2.77. The van der Waals surface area contributed by atoms with Crippen molar-refractivity contribution in [1.82, 2.24) is 0 Å². The SMILES string of the molecule is COc1cc(C2C(C#N)=C(N)Oc3c2ccc2c(NC(C)=O)cccc32)cc(Br)c1OC. The molecule has 3 N–H and O–H groups in total. The molecule has 1 aliphatic rings. The summed E-state index contributed by atoms with van der Waals surface area (Å²) < 4.78 is 17.6. The molecule has 0 fully saturated rings. The van der Waals surface area contributed by atoms with E-state index in [1.54, 1.807) is 14.2 Å². The van der Waals surface area contributed by atoms with Gasteiger partial charge in [0.15, 0.2) is 11.5 Å². The first-order valence-corrected chi connectivity index (χ1v) is 10.5. The summed E-state index contributed by atoms with van der Waals surface area (Å²) in [6.07, 6.45) is 0. The first kappa shape index (κ1) is 21.5. The lowest BCUT2D eigenvalue weighted by molar-refractivity contribution is -0.114. The Morgan fingerprint density at radius 1 is 1.19 bits per heavy atom. The number of nitrogens with zero attached hydrogens (tertiary/aromatic N) is 1. The number of carbonyl (C=O) groups excluding carboxylic acids is 1. The average molecular weight is 494 g/mol. The van der Waals surface area contributed by atoms with Gasteiger partial charge in [-0.2, -0.15) is 5.26 Å². The molecule has 1 heterocycles. The minimum atomic E-state index is -0.478. The van der Waals surface area contributed by atoms with Gasteiger partial charge in [0, 0.05) is 28.9 Å². The fourth-order valence-corrected chi connectivity index (χ4v) is 4.64. The smallest absolute Gasteiger partial charge is 0.221 e. The van der Waals surface area contributed by atoms with Gasteiger partial charge in [-0.15, -0.1) is 0 Å². The molecule has 3 aromatic rings. The number of hydrogen-bond donors (Lipinski definition) is 2. The molecule has 162 valence electrons. The number of amides is 1. The van der Waals surface area contributed by atoms with E-state index in [0.29, 0.717) is 33.0 Å². The predicted molar refractivity (Wildman–Crippen MR) is 125 cm³/mol. The molecule has 1 amide bonds. The van der Waals surface area contributed by atoms with Crippen LogP contribution in [0.15, 0.2) is 58.4 Å². The molecule has 0 bridgehead atoms. The number of ether oxygens (including phenoxy) is 3. The Labute approximate surface area is 193 Å². The van der Waals surface area contributed by atoms with E-state index in [1.807, 2.05) is 42.5 Å². The predicted octanol–water partition coefficient (Wildman–Crippen LogP) is 4.80. The zero-order chi connectivity index (χ0) is 23.0. The number of allylic oxidation sites excluding steroid dienone is 1. The fraction of sp³-hybridized carbons (Fsp3) is 0.167. The zero-order valence-electron chi connectivity index (χ0n) is 17.7. The molecule has 0 saturated heterocycles. The second-order valence-electron chi connectivity index (χ2n) is 7.23. The Kier molecular flexibility index (Phi) is 5.68. The van der Waals surface area contributed by atoms with Crippen molar-refractivity contribution in [2.24, 2.45) is 5.73 Å². The van der Waals surface area contributed by atoms with Gasteiger partial charge in [-0.25, -0.2) is 0 Å². The first-order chi connectivity index (χ1) is 15.4. The Hall–Kier alpha value is -3.70. The van der Waals surface area contributed by atoms with E-state index in [0.717, 1.165) is 21.9 Å². The molecule has 0 radical (unpaired) electrons. The van der Waals surface area contributed by atoms with Gasteiger partial charge in [0.25, 0.3) is 0 Å². The number of nitrogens with two attached hydrogens (primary N) is 1. The third kappa shape index (κ3) is 3.51. The van der Waals surface area contributed by atoms with Gasteiger partial charge in [-0.3, -0.25) is 4.79 Å². The van der Waals surface area contributed by atoms with Crippen LogP contribution in [-0.2, 0) is 4.79 Å². The maximum Gasteiger partial charge on any atom is 0.221 e. The largest absolute Gasteiger partial charge is 0.493 e. The van der Waals surface area contributed by atoms with Crippen LogP contribution in [0, 0.1) is 11.3 Å². The van der Waals surface area contributed by atoms with Crippen molar-refractivity contribution in [2.75, 3.05) is 19.5 Å². The summed E-state index contributed by atoms with van der Waals surface area (Å²) in [6.45, 7) is 1.46. The Bertz CT molecular complexity index is 1330. The summed E-state index contributed by atoms with van der Waals surface area (Å²) in [6, 6.07) is 15.2. The lowest BCUT2D eigenvalue weighted by atomic mass is 9.82. The zero-order valence-corrected chi connectivity index (χ0v) is 19.2. The highest BCUT2D eigenvalue weighted by molar-refractivity contribution is 9.10. The van der Waals surface area contributed by atoms with Crippen LogP contribution in [0.25, 0.3) is 10.8 Å². The van der Waals surface area contributed by atoms with Crippen molar-refractivity contribution < 1.29 is 19.0 Å². The first-order valence-electron chi connectivity index (χ1n) is 9.71. The monoisotopic (exact) mass is 493 g/mol. The topological polar surface area (TPSA) is 107 Å². The second kappa shape index (κ2) is 8.44. The molecule has 0 saturated carbocycles. The molecule has 0 spiro atoms. The van der Waals surface area contributed by atoms with Crippen LogP contribution in [0.2, 0.25) is 0 Å². The van der Waals surface area contributed by atoms with E-state index >= 15 is 0 Å². The summed E-state index contributed by atoms with van der Waals surface area (Å²) in [4.78, 5) is 11.6. The highest BCUT2D eigenvalue weighted by Gasteiger charge is 2.33. The molecule has 0 aliphatic carbocycles. The van der Waals surface area contributed by atoms with Gasteiger partial charge in [0.05, 0.1) is 24.6 Å². The Balaban J connectivity index is 1.98. The van der Waals surface area contributed by atoms with Gasteiger partial charge >= 0.3 is 0 Å². The summed E-state index contributed by atoms with van der Waals surface area (Å²) >= 11 is 3.53. The molecule has 32 heavy (non-hydrogen) atoms. The number of methoxy groups -OCH3 is 2. The standard InChI is InChI=1S/C24H20BrN3O4/c1-12(29)28-19-6-4-5-15-14(19)7-8-16-21(17(11-26)24(27)32-22(15)16)13-9-18(25)23(31-3)20(10-13)30-2/h4-10,21H,27H2,1-3H3,(H,28,29). The van der Waals surface area contributed by atoms with E-state index in [-0.39, 0.29) is 11.8 Å². The summed E-state index contributed by atoms with van der Waals surface area (Å²) in [5, 5.41) is 14.3. The van der Waals surface area contributed by atoms with Crippen LogP contribution in [-0.4, -0.2) is 20.1 Å². The number of nitriles is 1. The van der Waals surface area contributed by atoms with Crippen LogP contribution < -0.4 is 25.3 Å². The molecular weight excluding hydrogens is 474 g/mol. The maximum atomic E-state index is 11.6. The van der Waals surface area contributed by atoms with E-state index in [9.17, 15) is 10.1 Å². The lowest BCUT2D eigenvalue weighted by Crippen LogP contribution is -2.21.